The van der Waals surface area contributed by atoms with Gasteiger partial charge in [0.05, 0.1) is 11.5 Å². The Balaban J connectivity index is 1.51. The van der Waals surface area contributed by atoms with Crippen LogP contribution in [0.5, 0.6) is 11.5 Å². The summed E-state index contributed by atoms with van der Waals surface area (Å²) in [7, 11) is -3.02. The number of sulfone groups is 1. The summed E-state index contributed by atoms with van der Waals surface area (Å²) in [4.78, 5) is 23.9. The second-order valence-corrected chi connectivity index (χ2v) is 8.14. The third kappa shape index (κ3) is 4.05. The monoisotopic (exact) mass is 354 g/mol. The summed E-state index contributed by atoms with van der Waals surface area (Å²) in [5, 5.41) is 0. The van der Waals surface area contributed by atoms with Gasteiger partial charge < -0.3 is 14.2 Å². The number of fused-ring (bicyclic) bond motifs is 1. The lowest BCUT2D eigenvalue weighted by molar-refractivity contribution is -0.143. The van der Waals surface area contributed by atoms with Crippen molar-refractivity contribution in [3.8, 4) is 11.5 Å². The fraction of sp³-hybridized carbons (Fsp3) is 0.500. The van der Waals surface area contributed by atoms with Gasteiger partial charge >= 0.3 is 5.97 Å². The number of carbonyl (C=O) groups excluding carboxylic acids is 2. The molecular formula is C16H18O7S. The van der Waals surface area contributed by atoms with E-state index in [-0.39, 0.29) is 36.2 Å². The number of hydrogen-bond donors (Lipinski definition) is 0. The summed E-state index contributed by atoms with van der Waals surface area (Å²) < 4.78 is 38.5. The van der Waals surface area contributed by atoms with Gasteiger partial charge in [0.25, 0.3) is 0 Å². The van der Waals surface area contributed by atoms with E-state index in [1.807, 2.05) is 0 Å². The van der Waals surface area contributed by atoms with Crippen molar-refractivity contribution in [1.82, 2.24) is 0 Å². The molecule has 0 aliphatic carbocycles. The minimum absolute atomic E-state index is 0.0121. The van der Waals surface area contributed by atoms with Crippen molar-refractivity contribution in [1.29, 1.82) is 0 Å². The highest BCUT2D eigenvalue weighted by Crippen LogP contribution is 2.30. The van der Waals surface area contributed by atoms with Gasteiger partial charge in [-0.1, -0.05) is 0 Å². The van der Waals surface area contributed by atoms with Crippen LogP contribution < -0.4 is 9.47 Å². The highest BCUT2D eigenvalue weighted by Gasteiger charge is 2.30. The van der Waals surface area contributed by atoms with E-state index in [1.165, 1.54) is 0 Å². The molecule has 8 heteroatoms. The quantitative estimate of drug-likeness (QED) is 0.575. The van der Waals surface area contributed by atoms with E-state index in [9.17, 15) is 18.0 Å². The maximum absolute atomic E-state index is 12.1. The van der Waals surface area contributed by atoms with Crippen LogP contribution in [0.25, 0.3) is 0 Å². The van der Waals surface area contributed by atoms with Crippen molar-refractivity contribution in [3.05, 3.63) is 23.8 Å². The van der Waals surface area contributed by atoms with Gasteiger partial charge in [-0.2, -0.15) is 0 Å². The molecule has 0 bridgehead atoms. The van der Waals surface area contributed by atoms with Gasteiger partial charge in [0, 0.05) is 12.0 Å². The van der Waals surface area contributed by atoms with Crippen LogP contribution in [0, 0.1) is 5.92 Å². The first-order chi connectivity index (χ1) is 11.4. The van der Waals surface area contributed by atoms with E-state index in [4.69, 9.17) is 14.2 Å². The number of ether oxygens (including phenoxy) is 3. The van der Waals surface area contributed by atoms with E-state index in [1.54, 1.807) is 18.2 Å². The molecule has 7 nitrogen and oxygen atoms in total. The molecule has 0 spiro atoms. The number of hydrogen-bond acceptors (Lipinski definition) is 7. The Bertz CT molecular complexity index is 754. The molecule has 0 aromatic heterocycles. The van der Waals surface area contributed by atoms with Crippen molar-refractivity contribution in [2.45, 2.75) is 12.8 Å². The first-order valence-corrected chi connectivity index (χ1v) is 9.54. The molecule has 0 amide bonds. The molecule has 1 aromatic carbocycles. The molecule has 0 unspecified atom stereocenters. The molecular weight excluding hydrogens is 336 g/mol. The smallest absolute Gasteiger partial charge is 0.306 e. The fourth-order valence-electron chi connectivity index (χ4n) is 2.77. The average Bonchev–Trinajstić information content (AvgIpc) is 2.90. The topological polar surface area (TPSA) is 96.0 Å². The average molecular weight is 354 g/mol. The minimum Gasteiger partial charge on any atom is -0.486 e. The fourth-order valence-corrected chi connectivity index (χ4v) is 4.64. The maximum atomic E-state index is 12.1. The summed E-state index contributed by atoms with van der Waals surface area (Å²) in [6.07, 6.45) is 0.487. The van der Waals surface area contributed by atoms with Crippen LogP contribution in [-0.4, -0.2) is 51.5 Å². The van der Waals surface area contributed by atoms with Gasteiger partial charge in [-0.15, -0.1) is 0 Å². The third-order valence-corrected chi connectivity index (χ3v) is 5.85. The lowest BCUT2D eigenvalue weighted by atomic mass is 10.1. The van der Waals surface area contributed by atoms with Crippen LogP contribution in [0.4, 0.5) is 0 Å². The van der Waals surface area contributed by atoms with Crippen LogP contribution in [0.1, 0.15) is 23.2 Å². The maximum Gasteiger partial charge on any atom is 0.306 e. The van der Waals surface area contributed by atoms with Gasteiger partial charge in [0.15, 0.2) is 33.7 Å². The van der Waals surface area contributed by atoms with Crippen molar-refractivity contribution in [2.24, 2.45) is 5.92 Å². The summed E-state index contributed by atoms with van der Waals surface area (Å²) >= 11 is 0. The highest BCUT2D eigenvalue weighted by molar-refractivity contribution is 7.91. The molecule has 0 N–H and O–H groups in total. The SMILES string of the molecule is O=C(C[C@H]1CCS(=O)(=O)C1)OCC(=O)c1ccc2c(c1)OCCO2. The van der Waals surface area contributed by atoms with Crippen LogP contribution in [0.15, 0.2) is 18.2 Å². The van der Waals surface area contributed by atoms with Crippen molar-refractivity contribution < 1.29 is 32.2 Å². The molecule has 1 atom stereocenters. The Morgan fingerprint density at radius 3 is 2.62 bits per heavy atom. The summed E-state index contributed by atoms with van der Waals surface area (Å²) in [5.74, 6) is 0.0836. The number of esters is 1. The first kappa shape index (κ1) is 16.8. The number of Topliss-reactive ketones (excluding diaryl/α,β-unsaturated/α-hetero) is 1. The zero-order valence-corrected chi connectivity index (χ0v) is 13.8. The van der Waals surface area contributed by atoms with Gasteiger partial charge in [-0.3, -0.25) is 9.59 Å². The van der Waals surface area contributed by atoms with E-state index >= 15 is 0 Å². The van der Waals surface area contributed by atoms with Gasteiger partial charge in [-0.05, 0) is 30.5 Å². The van der Waals surface area contributed by atoms with Crippen LogP contribution in [0.3, 0.4) is 0 Å². The predicted molar refractivity (Wildman–Crippen MR) is 84.1 cm³/mol. The molecule has 0 radical (unpaired) electrons. The Morgan fingerprint density at radius 2 is 1.92 bits per heavy atom. The molecule has 130 valence electrons. The lowest BCUT2D eigenvalue weighted by Crippen LogP contribution is -2.18. The van der Waals surface area contributed by atoms with Gasteiger partial charge in [-0.25, -0.2) is 8.42 Å². The van der Waals surface area contributed by atoms with E-state index in [0.29, 0.717) is 36.7 Å². The van der Waals surface area contributed by atoms with E-state index < -0.39 is 15.8 Å². The van der Waals surface area contributed by atoms with Gasteiger partial charge in [0.2, 0.25) is 0 Å². The van der Waals surface area contributed by atoms with Crippen molar-refractivity contribution in [2.75, 3.05) is 31.3 Å². The first-order valence-electron chi connectivity index (χ1n) is 7.72. The molecule has 2 aliphatic rings. The Kier molecular flexibility index (Phi) is 4.75. The number of ketones is 1. The zero-order chi connectivity index (χ0) is 17.2. The highest BCUT2D eigenvalue weighted by atomic mass is 32.2. The van der Waals surface area contributed by atoms with E-state index in [0.717, 1.165) is 0 Å². The molecule has 1 aromatic rings. The van der Waals surface area contributed by atoms with Crippen LogP contribution >= 0.6 is 0 Å². The molecule has 24 heavy (non-hydrogen) atoms. The lowest BCUT2D eigenvalue weighted by Gasteiger charge is -2.18. The number of carbonyl (C=O) groups is 2. The molecule has 1 saturated heterocycles. The molecule has 0 saturated carbocycles. The zero-order valence-electron chi connectivity index (χ0n) is 13.0. The number of benzene rings is 1. The van der Waals surface area contributed by atoms with Crippen LogP contribution in [-0.2, 0) is 19.4 Å². The summed E-state index contributed by atoms with van der Waals surface area (Å²) in [6, 6.07) is 4.80. The largest absolute Gasteiger partial charge is 0.486 e. The van der Waals surface area contributed by atoms with Crippen molar-refractivity contribution in [3.63, 3.8) is 0 Å². The standard InChI is InChI=1S/C16H18O7S/c17-13(12-1-2-14-15(8-12)22-5-4-21-14)9-23-16(18)7-11-3-6-24(19,20)10-11/h1-2,8,11H,3-7,9-10H2/t11-/m1/s1. The Hall–Kier alpha value is -2.09. The minimum atomic E-state index is -3.02. The molecule has 1 fully saturated rings. The van der Waals surface area contributed by atoms with Crippen molar-refractivity contribution >= 4 is 21.6 Å². The second kappa shape index (κ2) is 6.80. The van der Waals surface area contributed by atoms with Crippen LogP contribution in [0.2, 0.25) is 0 Å². The third-order valence-electron chi connectivity index (χ3n) is 4.01. The second-order valence-electron chi connectivity index (χ2n) is 5.92. The summed E-state index contributed by atoms with van der Waals surface area (Å²) in [6.45, 7) is 0.511. The Labute approximate surface area is 139 Å². The molecule has 2 aliphatic heterocycles. The van der Waals surface area contributed by atoms with Gasteiger partial charge in [0.1, 0.15) is 13.2 Å². The predicted octanol–water partition coefficient (Wildman–Crippen LogP) is 1.01. The Morgan fingerprint density at radius 1 is 1.17 bits per heavy atom. The molecule has 2 heterocycles. The molecule has 3 rings (SSSR count). The summed E-state index contributed by atoms with van der Waals surface area (Å²) in [5.41, 5.74) is 0.371. The van der Waals surface area contributed by atoms with E-state index in [2.05, 4.69) is 0 Å². The number of rotatable bonds is 5. The normalized spacial score (nSPS) is 21.2.